The smallest absolute Gasteiger partial charge is 0.198 e. The van der Waals surface area contributed by atoms with E-state index in [0.717, 1.165) is 15.4 Å². The Morgan fingerprint density at radius 1 is 1.00 bits per heavy atom. The van der Waals surface area contributed by atoms with E-state index in [2.05, 4.69) is 36.8 Å². The number of aromatic nitrogens is 1. The van der Waals surface area contributed by atoms with Crippen LogP contribution < -0.4 is 0 Å². The molecule has 0 radical (unpaired) electrons. The number of benzene rings is 2. The summed E-state index contributed by atoms with van der Waals surface area (Å²) in [6.45, 7) is 0. The van der Waals surface area contributed by atoms with Gasteiger partial charge in [-0.15, -0.1) is 0 Å². The minimum Gasteiger partial charge on any atom is -0.360 e. The molecule has 0 bridgehead atoms. The van der Waals surface area contributed by atoms with E-state index in [1.807, 2.05) is 18.2 Å². The van der Waals surface area contributed by atoms with Crippen molar-refractivity contribution in [2.45, 2.75) is 0 Å². The largest absolute Gasteiger partial charge is 0.360 e. The molecule has 1 aromatic heterocycles. The van der Waals surface area contributed by atoms with Gasteiger partial charge in [0.1, 0.15) is 5.82 Å². The third-order valence-electron chi connectivity index (χ3n) is 3.06. The number of nitrogens with one attached hydrogen (secondary N) is 1. The SMILES string of the molecule is O=C(c1ccc(Br)cc1F)c1c[nH]c2ccc(Br)cc12. The van der Waals surface area contributed by atoms with Crippen molar-refractivity contribution in [1.82, 2.24) is 4.98 Å². The summed E-state index contributed by atoms with van der Waals surface area (Å²) in [6.07, 6.45) is 1.61. The Morgan fingerprint density at radius 2 is 1.70 bits per heavy atom. The maximum absolute atomic E-state index is 13.9. The molecule has 1 heterocycles. The molecular weight excluding hydrogens is 389 g/mol. The van der Waals surface area contributed by atoms with Gasteiger partial charge in [-0.25, -0.2) is 4.39 Å². The molecule has 0 unspecified atom stereocenters. The van der Waals surface area contributed by atoms with E-state index in [1.54, 1.807) is 12.3 Å². The normalized spacial score (nSPS) is 10.9. The van der Waals surface area contributed by atoms with Crippen molar-refractivity contribution in [3.05, 3.63) is 68.5 Å². The lowest BCUT2D eigenvalue weighted by Gasteiger charge is -2.02. The average molecular weight is 397 g/mol. The first-order valence-corrected chi connectivity index (χ1v) is 7.41. The fourth-order valence-electron chi connectivity index (χ4n) is 2.10. The monoisotopic (exact) mass is 395 g/mol. The highest BCUT2D eigenvalue weighted by molar-refractivity contribution is 9.10. The van der Waals surface area contributed by atoms with Crippen molar-refractivity contribution >= 4 is 48.5 Å². The molecule has 3 rings (SSSR count). The van der Waals surface area contributed by atoms with Gasteiger partial charge in [0.2, 0.25) is 0 Å². The van der Waals surface area contributed by atoms with Crippen LogP contribution in [0.15, 0.2) is 51.5 Å². The van der Waals surface area contributed by atoms with Crippen LogP contribution in [0.3, 0.4) is 0 Å². The molecule has 1 N–H and O–H groups in total. The van der Waals surface area contributed by atoms with Crippen LogP contribution >= 0.6 is 31.9 Å². The Hall–Kier alpha value is -1.46. The number of ketones is 1. The molecule has 2 nitrogen and oxygen atoms in total. The Morgan fingerprint density at radius 3 is 2.45 bits per heavy atom. The van der Waals surface area contributed by atoms with Crippen LogP contribution in [0.5, 0.6) is 0 Å². The average Bonchev–Trinajstić information content (AvgIpc) is 2.81. The summed E-state index contributed by atoms with van der Waals surface area (Å²) in [4.78, 5) is 15.5. The summed E-state index contributed by atoms with van der Waals surface area (Å²) in [5, 5.41) is 0.770. The molecule has 20 heavy (non-hydrogen) atoms. The van der Waals surface area contributed by atoms with E-state index in [4.69, 9.17) is 0 Å². The number of hydrogen-bond donors (Lipinski definition) is 1. The van der Waals surface area contributed by atoms with Crippen molar-refractivity contribution < 1.29 is 9.18 Å². The molecule has 0 amide bonds. The number of halogens is 3. The standard InChI is InChI=1S/C15H8Br2FNO/c16-8-2-4-14-11(5-8)12(7-19-14)15(20)10-3-1-9(17)6-13(10)18/h1-7,19H. The third-order valence-corrected chi connectivity index (χ3v) is 4.05. The highest BCUT2D eigenvalue weighted by Gasteiger charge is 2.18. The van der Waals surface area contributed by atoms with Gasteiger partial charge >= 0.3 is 0 Å². The minimum atomic E-state index is -0.534. The van der Waals surface area contributed by atoms with Crippen LogP contribution in [0.25, 0.3) is 10.9 Å². The number of hydrogen-bond acceptors (Lipinski definition) is 1. The van der Waals surface area contributed by atoms with Crippen molar-refractivity contribution in [1.29, 1.82) is 0 Å². The lowest BCUT2D eigenvalue weighted by atomic mass is 10.0. The topological polar surface area (TPSA) is 32.9 Å². The first kappa shape index (κ1) is 13.5. The van der Waals surface area contributed by atoms with Gasteiger partial charge < -0.3 is 4.98 Å². The molecule has 2 aromatic carbocycles. The Bertz CT molecular complexity index is 826. The maximum Gasteiger partial charge on any atom is 0.198 e. The number of rotatable bonds is 2. The van der Waals surface area contributed by atoms with Crippen LogP contribution in [0.2, 0.25) is 0 Å². The zero-order valence-electron chi connectivity index (χ0n) is 10.1. The molecule has 0 spiro atoms. The predicted octanol–water partition coefficient (Wildman–Crippen LogP) is 5.06. The quantitative estimate of drug-likeness (QED) is 0.603. The van der Waals surface area contributed by atoms with Gasteiger partial charge in [0.15, 0.2) is 5.78 Å². The van der Waals surface area contributed by atoms with E-state index in [1.165, 1.54) is 12.1 Å². The van der Waals surface area contributed by atoms with Crippen LogP contribution in [-0.2, 0) is 0 Å². The zero-order valence-corrected chi connectivity index (χ0v) is 13.3. The molecule has 100 valence electrons. The van der Waals surface area contributed by atoms with Crippen molar-refractivity contribution in [2.24, 2.45) is 0 Å². The minimum absolute atomic E-state index is 0.0640. The first-order chi connectivity index (χ1) is 9.56. The van der Waals surface area contributed by atoms with Crippen molar-refractivity contribution in [3.8, 4) is 0 Å². The summed E-state index contributed by atoms with van der Waals surface area (Å²) in [5.74, 6) is -0.868. The molecule has 3 aromatic rings. The number of fused-ring (bicyclic) bond motifs is 1. The zero-order chi connectivity index (χ0) is 14.3. The summed E-state index contributed by atoms with van der Waals surface area (Å²) in [7, 11) is 0. The van der Waals surface area contributed by atoms with Gasteiger partial charge in [-0.05, 0) is 36.4 Å². The van der Waals surface area contributed by atoms with E-state index in [-0.39, 0.29) is 11.3 Å². The summed E-state index contributed by atoms with van der Waals surface area (Å²) >= 11 is 6.55. The fraction of sp³-hybridized carbons (Fsp3) is 0. The van der Waals surface area contributed by atoms with Gasteiger partial charge in [0.05, 0.1) is 5.56 Å². The van der Waals surface area contributed by atoms with Crippen molar-refractivity contribution in [3.63, 3.8) is 0 Å². The molecule has 0 fully saturated rings. The predicted molar refractivity (Wildman–Crippen MR) is 83.5 cm³/mol. The second kappa shape index (κ2) is 5.14. The summed E-state index contributed by atoms with van der Waals surface area (Å²) in [5.41, 5.74) is 1.37. The maximum atomic E-state index is 13.9. The number of carbonyl (C=O) groups excluding carboxylic acids is 1. The van der Waals surface area contributed by atoms with E-state index in [0.29, 0.717) is 10.0 Å². The molecule has 0 saturated carbocycles. The van der Waals surface area contributed by atoms with Crippen LogP contribution in [0, 0.1) is 5.82 Å². The lowest BCUT2D eigenvalue weighted by Crippen LogP contribution is -2.03. The highest BCUT2D eigenvalue weighted by atomic mass is 79.9. The molecular formula is C15H8Br2FNO. The number of aromatic amines is 1. The molecule has 0 aliphatic rings. The number of carbonyl (C=O) groups is 1. The summed E-state index contributed by atoms with van der Waals surface area (Å²) < 4.78 is 15.4. The van der Waals surface area contributed by atoms with E-state index >= 15 is 0 Å². The molecule has 5 heteroatoms. The van der Waals surface area contributed by atoms with E-state index < -0.39 is 5.82 Å². The third kappa shape index (κ3) is 2.31. The van der Waals surface area contributed by atoms with Crippen LogP contribution in [-0.4, -0.2) is 10.8 Å². The van der Waals surface area contributed by atoms with Gasteiger partial charge in [0.25, 0.3) is 0 Å². The van der Waals surface area contributed by atoms with Gasteiger partial charge in [0, 0.05) is 31.6 Å². The second-order valence-electron chi connectivity index (χ2n) is 4.35. The van der Waals surface area contributed by atoms with Gasteiger partial charge in [-0.2, -0.15) is 0 Å². The van der Waals surface area contributed by atoms with Gasteiger partial charge in [-0.3, -0.25) is 4.79 Å². The molecule has 0 aliphatic carbocycles. The molecule has 0 saturated heterocycles. The lowest BCUT2D eigenvalue weighted by molar-refractivity contribution is 0.103. The summed E-state index contributed by atoms with van der Waals surface area (Å²) in [6, 6.07) is 10.0. The van der Waals surface area contributed by atoms with Gasteiger partial charge in [-0.1, -0.05) is 31.9 Å². The van der Waals surface area contributed by atoms with Crippen LogP contribution in [0.4, 0.5) is 4.39 Å². The molecule has 0 atom stereocenters. The fourth-order valence-corrected chi connectivity index (χ4v) is 2.79. The Balaban J connectivity index is 2.15. The number of H-pyrrole nitrogens is 1. The Kier molecular flexibility index (Phi) is 3.48. The first-order valence-electron chi connectivity index (χ1n) is 5.82. The van der Waals surface area contributed by atoms with Crippen LogP contribution in [0.1, 0.15) is 15.9 Å². The Labute approximate surface area is 131 Å². The highest BCUT2D eigenvalue weighted by Crippen LogP contribution is 2.26. The van der Waals surface area contributed by atoms with E-state index in [9.17, 15) is 9.18 Å². The molecule has 0 aliphatic heterocycles. The second-order valence-corrected chi connectivity index (χ2v) is 6.18. The van der Waals surface area contributed by atoms with Crippen molar-refractivity contribution in [2.75, 3.05) is 0 Å².